The number of hydrogen-bond donors (Lipinski definition) is 2. The Labute approximate surface area is 118 Å². The molecule has 0 radical (unpaired) electrons. The molecule has 0 aliphatic heterocycles. The lowest BCUT2D eigenvalue weighted by Crippen LogP contribution is -2.13. The summed E-state index contributed by atoms with van der Waals surface area (Å²) in [5, 5.41) is 1.71. The average molecular weight is 347 g/mol. The van der Waals surface area contributed by atoms with Gasteiger partial charge in [-0.15, -0.1) is 11.3 Å². The molecular formula is C11H11BrN2O2S2. The van der Waals surface area contributed by atoms with Crippen molar-refractivity contribution in [1.29, 1.82) is 0 Å². The third kappa shape index (κ3) is 2.68. The van der Waals surface area contributed by atoms with E-state index in [0.717, 1.165) is 16.9 Å². The first-order valence-corrected chi connectivity index (χ1v) is 8.17. The van der Waals surface area contributed by atoms with Crippen molar-refractivity contribution >= 4 is 48.7 Å². The normalized spacial score (nSPS) is 11.4. The number of aryl methyl sites for hydroxylation is 1. The largest absolute Gasteiger partial charge is 0.397 e. The lowest BCUT2D eigenvalue weighted by Gasteiger charge is -2.12. The van der Waals surface area contributed by atoms with E-state index in [1.54, 1.807) is 23.6 Å². The summed E-state index contributed by atoms with van der Waals surface area (Å²) < 4.78 is 27.5. The van der Waals surface area contributed by atoms with E-state index < -0.39 is 10.0 Å². The molecule has 96 valence electrons. The van der Waals surface area contributed by atoms with Crippen LogP contribution in [0.25, 0.3) is 0 Å². The maximum absolute atomic E-state index is 12.1. The standard InChI is InChI=1S/C11H11BrN2O2S2/c1-7-5-8(12)11(9(13)6-7)14-18(15,16)10-3-2-4-17-10/h2-6,14H,13H2,1H3. The van der Waals surface area contributed by atoms with Gasteiger partial charge in [-0.2, -0.15) is 0 Å². The summed E-state index contributed by atoms with van der Waals surface area (Å²) >= 11 is 4.47. The summed E-state index contributed by atoms with van der Waals surface area (Å²) in [5.41, 5.74) is 7.55. The minimum Gasteiger partial charge on any atom is -0.397 e. The second kappa shape index (κ2) is 4.91. The Morgan fingerprint density at radius 3 is 2.67 bits per heavy atom. The van der Waals surface area contributed by atoms with Crippen molar-refractivity contribution in [3.63, 3.8) is 0 Å². The summed E-state index contributed by atoms with van der Waals surface area (Å²) in [4.78, 5) is 0. The number of nitrogen functional groups attached to an aromatic ring is 1. The van der Waals surface area contributed by atoms with Crippen molar-refractivity contribution in [2.75, 3.05) is 10.5 Å². The zero-order valence-electron chi connectivity index (χ0n) is 9.48. The van der Waals surface area contributed by atoms with Crippen molar-refractivity contribution < 1.29 is 8.42 Å². The minimum atomic E-state index is -3.57. The molecule has 1 aromatic heterocycles. The molecule has 0 spiro atoms. The first kappa shape index (κ1) is 13.4. The molecule has 18 heavy (non-hydrogen) atoms. The van der Waals surface area contributed by atoms with Crippen molar-refractivity contribution in [3.05, 3.63) is 39.7 Å². The highest BCUT2D eigenvalue weighted by Crippen LogP contribution is 2.32. The summed E-state index contributed by atoms with van der Waals surface area (Å²) in [6.07, 6.45) is 0. The van der Waals surface area contributed by atoms with Crippen LogP contribution in [-0.4, -0.2) is 8.42 Å². The number of sulfonamides is 1. The summed E-state index contributed by atoms with van der Waals surface area (Å²) in [6, 6.07) is 6.76. The Bertz CT molecular complexity index is 643. The predicted molar refractivity (Wildman–Crippen MR) is 78.4 cm³/mol. The molecule has 1 heterocycles. The van der Waals surface area contributed by atoms with Gasteiger partial charge in [-0.1, -0.05) is 6.07 Å². The number of nitrogens with one attached hydrogen (secondary N) is 1. The van der Waals surface area contributed by atoms with Gasteiger partial charge in [0.05, 0.1) is 11.4 Å². The Morgan fingerprint density at radius 2 is 2.11 bits per heavy atom. The van der Waals surface area contributed by atoms with Crippen LogP contribution >= 0.6 is 27.3 Å². The van der Waals surface area contributed by atoms with E-state index in [4.69, 9.17) is 5.73 Å². The molecule has 0 unspecified atom stereocenters. The predicted octanol–water partition coefficient (Wildman–Crippen LogP) is 3.20. The van der Waals surface area contributed by atoms with Gasteiger partial charge < -0.3 is 5.73 Å². The topological polar surface area (TPSA) is 72.2 Å². The van der Waals surface area contributed by atoms with Crippen LogP contribution in [0, 0.1) is 6.92 Å². The number of nitrogens with two attached hydrogens (primary N) is 1. The van der Waals surface area contributed by atoms with Crippen LogP contribution in [0.3, 0.4) is 0 Å². The molecule has 0 saturated heterocycles. The third-order valence-corrected chi connectivity index (χ3v) is 5.63. The van der Waals surface area contributed by atoms with Gasteiger partial charge >= 0.3 is 0 Å². The lowest BCUT2D eigenvalue weighted by molar-refractivity contribution is 0.603. The zero-order valence-corrected chi connectivity index (χ0v) is 12.7. The van der Waals surface area contributed by atoms with E-state index in [9.17, 15) is 8.42 Å². The van der Waals surface area contributed by atoms with Gasteiger partial charge in [0.1, 0.15) is 4.21 Å². The summed E-state index contributed by atoms with van der Waals surface area (Å²) in [5.74, 6) is 0. The molecule has 2 aromatic rings. The number of thiophene rings is 1. The van der Waals surface area contributed by atoms with Crippen LogP contribution in [0.1, 0.15) is 5.56 Å². The molecule has 4 nitrogen and oxygen atoms in total. The molecule has 3 N–H and O–H groups in total. The van der Waals surface area contributed by atoms with Gasteiger partial charge in [0.2, 0.25) is 0 Å². The Kier molecular flexibility index (Phi) is 3.65. The molecule has 0 aliphatic rings. The van der Waals surface area contributed by atoms with Crippen LogP contribution in [0.2, 0.25) is 0 Å². The van der Waals surface area contributed by atoms with Crippen LogP contribution in [0.5, 0.6) is 0 Å². The molecule has 0 amide bonds. The third-order valence-electron chi connectivity index (χ3n) is 2.26. The maximum Gasteiger partial charge on any atom is 0.271 e. The Hall–Kier alpha value is -1.05. The highest BCUT2D eigenvalue weighted by molar-refractivity contribution is 9.10. The SMILES string of the molecule is Cc1cc(N)c(NS(=O)(=O)c2cccs2)c(Br)c1. The van der Waals surface area contributed by atoms with Crippen LogP contribution in [0.15, 0.2) is 38.3 Å². The molecule has 0 aliphatic carbocycles. The van der Waals surface area contributed by atoms with E-state index >= 15 is 0 Å². The van der Waals surface area contributed by atoms with E-state index in [1.165, 1.54) is 0 Å². The summed E-state index contributed by atoms with van der Waals surface area (Å²) in [6.45, 7) is 1.89. The molecule has 0 bridgehead atoms. The lowest BCUT2D eigenvalue weighted by atomic mass is 10.2. The summed E-state index contributed by atoms with van der Waals surface area (Å²) in [7, 11) is -3.57. The second-order valence-electron chi connectivity index (χ2n) is 3.75. The first-order valence-electron chi connectivity index (χ1n) is 5.02. The van der Waals surface area contributed by atoms with Crippen LogP contribution < -0.4 is 10.5 Å². The number of rotatable bonds is 3. The second-order valence-corrected chi connectivity index (χ2v) is 7.46. The molecular weight excluding hydrogens is 336 g/mol. The molecule has 0 atom stereocenters. The number of hydrogen-bond acceptors (Lipinski definition) is 4. The quantitative estimate of drug-likeness (QED) is 0.838. The molecule has 2 rings (SSSR count). The number of anilines is 2. The smallest absolute Gasteiger partial charge is 0.271 e. The van der Waals surface area contributed by atoms with Gasteiger partial charge in [-0.25, -0.2) is 8.42 Å². The molecule has 0 saturated carbocycles. The van der Waals surface area contributed by atoms with Crippen LogP contribution in [0.4, 0.5) is 11.4 Å². The van der Waals surface area contributed by atoms with Gasteiger partial charge in [-0.3, -0.25) is 4.72 Å². The fourth-order valence-corrected chi connectivity index (χ4v) is 4.40. The van der Waals surface area contributed by atoms with Crippen molar-refractivity contribution in [3.8, 4) is 0 Å². The highest BCUT2D eigenvalue weighted by atomic mass is 79.9. The van der Waals surface area contributed by atoms with E-state index in [0.29, 0.717) is 15.8 Å². The van der Waals surface area contributed by atoms with Gasteiger partial charge in [0.25, 0.3) is 10.0 Å². The van der Waals surface area contributed by atoms with E-state index in [1.807, 2.05) is 13.0 Å². The van der Waals surface area contributed by atoms with Crippen molar-refractivity contribution in [2.24, 2.45) is 0 Å². The average Bonchev–Trinajstić information content (AvgIpc) is 2.77. The number of halogens is 1. The molecule has 0 fully saturated rings. The first-order chi connectivity index (χ1) is 8.40. The Balaban J connectivity index is 2.42. The van der Waals surface area contributed by atoms with E-state index in [-0.39, 0.29) is 4.21 Å². The fourth-order valence-electron chi connectivity index (χ4n) is 1.48. The van der Waals surface area contributed by atoms with Crippen molar-refractivity contribution in [2.45, 2.75) is 11.1 Å². The van der Waals surface area contributed by atoms with Crippen LogP contribution in [-0.2, 0) is 10.0 Å². The maximum atomic E-state index is 12.1. The molecule has 7 heteroatoms. The van der Waals surface area contributed by atoms with Gasteiger partial charge in [-0.05, 0) is 52.0 Å². The minimum absolute atomic E-state index is 0.259. The number of benzene rings is 1. The van der Waals surface area contributed by atoms with Gasteiger partial charge in [0.15, 0.2) is 0 Å². The highest BCUT2D eigenvalue weighted by Gasteiger charge is 2.18. The Morgan fingerprint density at radius 1 is 1.39 bits per heavy atom. The van der Waals surface area contributed by atoms with Gasteiger partial charge in [0, 0.05) is 4.47 Å². The molecule has 1 aromatic carbocycles. The fraction of sp³-hybridized carbons (Fsp3) is 0.0909. The monoisotopic (exact) mass is 346 g/mol. The zero-order chi connectivity index (χ0) is 13.3. The van der Waals surface area contributed by atoms with E-state index in [2.05, 4.69) is 20.7 Å². The van der Waals surface area contributed by atoms with Crippen molar-refractivity contribution in [1.82, 2.24) is 0 Å².